The van der Waals surface area contributed by atoms with Gasteiger partial charge in [0.05, 0.1) is 6.61 Å². The lowest BCUT2D eigenvalue weighted by molar-refractivity contribution is 0.250. The van der Waals surface area contributed by atoms with Gasteiger partial charge in [-0.1, -0.05) is 31.0 Å². The Hall–Kier alpha value is -0.670. The molecule has 0 saturated heterocycles. The van der Waals surface area contributed by atoms with Crippen LogP contribution in [0.1, 0.15) is 43.7 Å². The van der Waals surface area contributed by atoms with Crippen molar-refractivity contribution in [2.24, 2.45) is 0 Å². The third kappa shape index (κ3) is 2.77. The minimum Gasteiger partial charge on any atom is -0.493 e. The molecule has 0 bridgehead atoms. The molecule has 1 heterocycles. The number of rotatable bonds is 4. The molecule has 1 aliphatic heterocycles. The van der Waals surface area contributed by atoms with E-state index in [4.69, 9.17) is 4.74 Å². The van der Waals surface area contributed by atoms with Gasteiger partial charge >= 0.3 is 0 Å². The molecule has 1 unspecified atom stereocenters. The number of hydrogen-bond acceptors (Lipinski definition) is 3. The number of benzene rings is 1. The van der Waals surface area contributed by atoms with Crippen molar-refractivity contribution in [3.63, 3.8) is 0 Å². The van der Waals surface area contributed by atoms with Crippen molar-refractivity contribution >= 4 is 11.8 Å². The normalized spacial score (nSPS) is 24.8. The second-order valence-corrected chi connectivity index (χ2v) is 6.98. The molecule has 0 radical (unpaired) electrons. The van der Waals surface area contributed by atoms with Crippen LogP contribution in [0.2, 0.25) is 0 Å². The monoisotopic (exact) mass is 277 g/mol. The first kappa shape index (κ1) is 13.3. The Morgan fingerprint density at radius 3 is 2.89 bits per heavy atom. The highest BCUT2D eigenvalue weighted by atomic mass is 32.2. The third-order valence-corrected chi connectivity index (χ3v) is 6.00. The van der Waals surface area contributed by atoms with E-state index >= 15 is 0 Å². The number of hydrogen-bond donors (Lipinski definition) is 1. The summed E-state index contributed by atoms with van der Waals surface area (Å²) < 4.78 is 6.21. The van der Waals surface area contributed by atoms with Crippen molar-refractivity contribution in [2.45, 2.75) is 42.9 Å². The smallest absolute Gasteiger partial charge is 0.124 e. The molecule has 1 saturated carbocycles. The van der Waals surface area contributed by atoms with E-state index in [1.54, 1.807) is 0 Å². The maximum atomic E-state index is 5.73. The van der Waals surface area contributed by atoms with Crippen molar-refractivity contribution in [3.8, 4) is 5.75 Å². The Balaban J connectivity index is 1.68. The quantitative estimate of drug-likeness (QED) is 0.905. The molecular weight excluding hydrogens is 254 g/mol. The topological polar surface area (TPSA) is 21.3 Å². The predicted molar refractivity (Wildman–Crippen MR) is 82.0 cm³/mol. The Morgan fingerprint density at radius 1 is 1.32 bits per heavy atom. The zero-order valence-corrected chi connectivity index (χ0v) is 12.5. The molecule has 0 aromatic heterocycles. The summed E-state index contributed by atoms with van der Waals surface area (Å²) >= 11 is 2.06. The number of thioether (sulfide) groups is 1. The minimum atomic E-state index is 0.467. The van der Waals surface area contributed by atoms with Gasteiger partial charge in [-0.25, -0.2) is 0 Å². The SMILES string of the molecule is CSC1(CNC2CCOc3ccccc32)CCCC1. The van der Waals surface area contributed by atoms with E-state index in [1.165, 1.54) is 31.2 Å². The molecule has 1 aliphatic carbocycles. The molecular formula is C16H23NOS. The fourth-order valence-electron chi connectivity index (χ4n) is 3.34. The van der Waals surface area contributed by atoms with Crippen molar-refractivity contribution in [1.29, 1.82) is 0 Å². The van der Waals surface area contributed by atoms with E-state index in [9.17, 15) is 0 Å². The lowest BCUT2D eigenvalue weighted by Gasteiger charge is -2.32. The molecule has 1 fully saturated rings. The highest BCUT2D eigenvalue weighted by Gasteiger charge is 2.34. The fourth-order valence-corrected chi connectivity index (χ4v) is 4.26. The van der Waals surface area contributed by atoms with E-state index in [1.807, 2.05) is 0 Å². The molecule has 1 N–H and O–H groups in total. The summed E-state index contributed by atoms with van der Waals surface area (Å²) in [5, 5.41) is 3.81. The van der Waals surface area contributed by atoms with Gasteiger partial charge in [0.15, 0.2) is 0 Å². The molecule has 3 heteroatoms. The molecule has 3 rings (SSSR count). The fraction of sp³-hybridized carbons (Fsp3) is 0.625. The van der Waals surface area contributed by atoms with E-state index in [-0.39, 0.29) is 0 Å². The summed E-state index contributed by atoms with van der Waals surface area (Å²) in [6, 6.07) is 8.92. The summed E-state index contributed by atoms with van der Waals surface area (Å²) in [5.74, 6) is 1.07. The Bertz CT molecular complexity index is 429. The van der Waals surface area contributed by atoms with Gasteiger partial charge in [0.1, 0.15) is 5.75 Å². The van der Waals surface area contributed by atoms with Gasteiger partial charge in [0.25, 0.3) is 0 Å². The first-order chi connectivity index (χ1) is 9.33. The Morgan fingerprint density at radius 2 is 2.11 bits per heavy atom. The van der Waals surface area contributed by atoms with Crippen molar-refractivity contribution in [3.05, 3.63) is 29.8 Å². The summed E-state index contributed by atoms with van der Waals surface area (Å²) in [6.45, 7) is 1.97. The summed E-state index contributed by atoms with van der Waals surface area (Å²) in [7, 11) is 0. The minimum absolute atomic E-state index is 0.467. The predicted octanol–water partition coefficient (Wildman–Crippen LogP) is 3.78. The summed E-state index contributed by atoms with van der Waals surface area (Å²) in [5.41, 5.74) is 1.34. The van der Waals surface area contributed by atoms with Crippen LogP contribution < -0.4 is 10.1 Å². The molecule has 1 atom stereocenters. The third-order valence-electron chi connectivity index (χ3n) is 4.58. The van der Waals surface area contributed by atoms with Crippen LogP contribution in [0.15, 0.2) is 24.3 Å². The van der Waals surface area contributed by atoms with Gasteiger partial charge in [-0.15, -0.1) is 0 Å². The number of ether oxygens (including phenoxy) is 1. The van der Waals surface area contributed by atoms with Gasteiger partial charge < -0.3 is 10.1 Å². The van der Waals surface area contributed by atoms with Gasteiger partial charge in [-0.3, -0.25) is 0 Å². The van der Waals surface area contributed by atoms with E-state index < -0.39 is 0 Å². The molecule has 19 heavy (non-hydrogen) atoms. The van der Waals surface area contributed by atoms with E-state index in [2.05, 4.69) is 47.6 Å². The zero-order valence-electron chi connectivity index (χ0n) is 11.7. The van der Waals surface area contributed by atoms with Crippen LogP contribution in [-0.4, -0.2) is 24.2 Å². The molecule has 1 aromatic carbocycles. The van der Waals surface area contributed by atoms with Crippen molar-refractivity contribution in [1.82, 2.24) is 5.32 Å². The molecule has 0 amide bonds. The van der Waals surface area contributed by atoms with Crippen molar-refractivity contribution < 1.29 is 4.74 Å². The van der Waals surface area contributed by atoms with Gasteiger partial charge in [-0.05, 0) is 25.2 Å². The number of para-hydroxylation sites is 1. The van der Waals surface area contributed by atoms with Crippen LogP contribution in [0, 0.1) is 0 Å². The lowest BCUT2D eigenvalue weighted by atomic mass is 9.99. The maximum absolute atomic E-state index is 5.73. The maximum Gasteiger partial charge on any atom is 0.124 e. The summed E-state index contributed by atoms with van der Waals surface area (Å²) in [4.78, 5) is 0. The number of nitrogens with one attached hydrogen (secondary N) is 1. The molecule has 0 spiro atoms. The van der Waals surface area contributed by atoms with Crippen LogP contribution >= 0.6 is 11.8 Å². The lowest BCUT2D eigenvalue weighted by Crippen LogP contribution is -2.38. The Labute approximate surface area is 120 Å². The Kier molecular flexibility index (Phi) is 4.04. The largest absolute Gasteiger partial charge is 0.493 e. The molecule has 104 valence electrons. The average Bonchev–Trinajstić information content (AvgIpc) is 2.94. The van der Waals surface area contributed by atoms with Gasteiger partial charge in [0.2, 0.25) is 0 Å². The van der Waals surface area contributed by atoms with Crippen LogP contribution in [0.4, 0.5) is 0 Å². The van der Waals surface area contributed by atoms with Crippen LogP contribution in [0.25, 0.3) is 0 Å². The highest BCUT2D eigenvalue weighted by Crippen LogP contribution is 2.40. The van der Waals surface area contributed by atoms with Crippen LogP contribution in [-0.2, 0) is 0 Å². The second kappa shape index (κ2) is 5.76. The molecule has 2 nitrogen and oxygen atoms in total. The van der Waals surface area contributed by atoms with Crippen molar-refractivity contribution in [2.75, 3.05) is 19.4 Å². The highest BCUT2D eigenvalue weighted by molar-refractivity contribution is 8.00. The number of fused-ring (bicyclic) bond motifs is 1. The van der Waals surface area contributed by atoms with Crippen LogP contribution in [0.5, 0.6) is 5.75 Å². The van der Waals surface area contributed by atoms with E-state index in [0.717, 1.165) is 25.3 Å². The molecule has 2 aliphatic rings. The average molecular weight is 277 g/mol. The first-order valence-corrected chi connectivity index (χ1v) is 8.56. The van der Waals surface area contributed by atoms with Gasteiger partial charge in [0, 0.05) is 29.3 Å². The zero-order chi connectivity index (χ0) is 13.1. The second-order valence-electron chi connectivity index (χ2n) is 5.70. The standard InChI is InChI=1S/C16H23NOS/c1-19-16(9-4-5-10-16)12-17-14-8-11-18-15-7-3-2-6-13(14)15/h2-3,6-7,14,17H,4-5,8-12H2,1H3. The molecule has 1 aromatic rings. The summed E-state index contributed by atoms with van der Waals surface area (Å²) in [6.07, 6.45) is 8.88. The van der Waals surface area contributed by atoms with E-state index in [0.29, 0.717) is 10.8 Å². The first-order valence-electron chi connectivity index (χ1n) is 7.33. The van der Waals surface area contributed by atoms with Gasteiger partial charge in [-0.2, -0.15) is 11.8 Å². The van der Waals surface area contributed by atoms with Crippen LogP contribution in [0.3, 0.4) is 0 Å².